The summed E-state index contributed by atoms with van der Waals surface area (Å²) in [4.78, 5) is 29.9. The summed E-state index contributed by atoms with van der Waals surface area (Å²) < 4.78 is 45.1. The van der Waals surface area contributed by atoms with Crippen molar-refractivity contribution in [3.8, 4) is 5.75 Å². The Hall–Kier alpha value is -4.09. The molecular weight excluding hydrogens is 561 g/mol. The highest BCUT2D eigenvalue weighted by atomic mass is 19.4. The summed E-state index contributed by atoms with van der Waals surface area (Å²) in [5, 5.41) is 15.1. The molecule has 3 aromatic rings. The zero-order chi connectivity index (χ0) is 31.1. The van der Waals surface area contributed by atoms with E-state index in [0.29, 0.717) is 36.6 Å². The van der Waals surface area contributed by atoms with E-state index in [1.807, 2.05) is 32.2 Å². The van der Waals surface area contributed by atoms with E-state index in [1.54, 1.807) is 30.0 Å². The van der Waals surface area contributed by atoms with Gasteiger partial charge in [-0.15, -0.1) is 0 Å². The standard InChI is InChI=1S/C32H37F3N4O4/c1-21-17-39(22(2)20-40)30(41)16-24-15-27(37-31(42)36-26-11-9-25(10-12-26)32(33,34)35)13-14-28(24)43-29(21)19-38(3)18-23-7-5-4-6-8-23/h4-15,21-22,29,40H,16-20H2,1-3H3,(H2,36,37,42)/t21-,22-,29-/m0/s1. The third kappa shape index (κ3) is 8.71. The topological polar surface area (TPSA) is 94.1 Å². The van der Waals surface area contributed by atoms with Crippen molar-refractivity contribution >= 4 is 23.3 Å². The summed E-state index contributed by atoms with van der Waals surface area (Å²) in [7, 11) is 2.01. The molecule has 11 heteroatoms. The highest BCUT2D eigenvalue weighted by molar-refractivity contribution is 6.00. The fourth-order valence-electron chi connectivity index (χ4n) is 5.03. The van der Waals surface area contributed by atoms with Gasteiger partial charge in [0.25, 0.3) is 0 Å². The zero-order valence-electron chi connectivity index (χ0n) is 24.4. The molecule has 3 aromatic carbocycles. The average Bonchev–Trinajstić information content (AvgIpc) is 3.00. The molecule has 230 valence electrons. The van der Waals surface area contributed by atoms with Crippen LogP contribution in [0.3, 0.4) is 0 Å². The van der Waals surface area contributed by atoms with Crippen LogP contribution in [0.25, 0.3) is 0 Å². The summed E-state index contributed by atoms with van der Waals surface area (Å²) in [6.07, 6.45) is -4.76. The van der Waals surface area contributed by atoms with Gasteiger partial charge in [-0.05, 0) is 62.0 Å². The second kappa shape index (κ2) is 13.9. The Bertz CT molecular complexity index is 1390. The second-order valence-electron chi connectivity index (χ2n) is 11.0. The smallest absolute Gasteiger partial charge is 0.416 e. The maximum atomic E-state index is 13.4. The normalized spacial score (nSPS) is 18.1. The molecule has 8 nitrogen and oxygen atoms in total. The van der Waals surface area contributed by atoms with Crippen molar-refractivity contribution in [2.45, 2.75) is 45.1 Å². The van der Waals surface area contributed by atoms with Crippen molar-refractivity contribution in [3.63, 3.8) is 0 Å². The number of anilines is 2. The minimum Gasteiger partial charge on any atom is -0.488 e. The lowest BCUT2D eigenvalue weighted by Crippen LogP contribution is -2.47. The van der Waals surface area contributed by atoms with E-state index in [4.69, 9.17) is 4.74 Å². The highest BCUT2D eigenvalue weighted by Crippen LogP contribution is 2.31. The number of hydrogen-bond acceptors (Lipinski definition) is 5. The number of amides is 3. The van der Waals surface area contributed by atoms with Gasteiger partial charge in [0.15, 0.2) is 0 Å². The number of rotatable bonds is 8. The maximum absolute atomic E-state index is 13.4. The zero-order valence-corrected chi connectivity index (χ0v) is 24.4. The van der Waals surface area contributed by atoms with Gasteiger partial charge in [0.05, 0.1) is 24.6 Å². The van der Waals surface area contributed by atoms with E-state index in [2.05, 4.69) is 27.7 Å². The number of halogens is 3. The first-order chi connectivity index (χ1) is 20.4. The van der Waals surface area contributed by atoms with E-state index in [0.717, 1.165) is 17.7 Å². The number of ether oxygens (including phenoxy) is 1. The van der Waals surface area contributed by atoms with Crippen LogP contribution in [0.5, 0.6) is 5.75 Å². The van der Waals surface area contributed by atoms with Crippen molar-refractivity contribution in [1.82, 2.24) is 9.80 Å². The van der Waals surface area contributed by atoms with Gasteiger partial charge in [0.1, 0.15) is 11.9 Å². The van der Waals surface area contributed by atoms with Crippen LogP contribution in [0.15, 0.2) is 72.8 Å². The summed E-state index contributed by atoms with van der Waals surface area (Å²) >= 11 is 0. The largest absolute Gasteiger partial charge is 0.488 e. The SMILES string of the molecule is C[C@H]1CN([C@@H](C)CO)C(=O)Cc2cc(NC(=O)Nc3ccc(C(F)(F)F)cc3)ccc2O[C@H]1CN(C)Cc1ccccc1. The van der Waals surface area contributed by atoms with Gasteiger partial charge in [0.2, 0.25) is 5.91 Å². The Morgan fingerprint density at radius 3 is 2.37 bits per heavy atom. The summed E-state index contributed by atoms with van der Waals surface area (Å²) in [6, 6.07) is 18.2. The van der Waals surface area contributed by atoms with E-state index >= 15 is 0 Å². The molecule has 0 unspecified atom stereocenters. The van der Waals surface area contributed by atoms with Gasteiger partial charge >= 0.3 is 12.2 Å². The number of urea groups is 1. The lowest BCUT2D eigenvalue weighted by molar-refractivity contribution is -0.137. The molecule has 1 heterocycles. The number of nitrogens with zero attached hydrogens (tertiary/aromatic N) is 2. The maximum Gasteiger partial charge on any atom is 0.416 e. The molecule has 1 aliphatic heterocycles. The van der Waals surface area contributed by atoms with Crippen LogP contribution in [0.1, 0.15) is 30.5 Å². The molecule has 0 radical (unpaired) electrons. The molecule has 0 aromatic heterocycles. The van der Waals surface area contributed by atoms with Crippen LogP contribution in [0.4, 0.5) is 29.3 Å². The lowest BCUT2D eigenvalue weighted by atomic mass is 10.0. The Kier molecular flexibility index (Phi) is 10.3. The minimum atomic E-state index is -4.47. The number of carbonyl (C=O) groups excluding carboxylic acids is 2. The van der Waals surface area contributed by atoms with Crippen LogP contribution < -0.4 is 15.4 Å². The van der Waals surface area contributed by atoms with Crippen molar-refractivity contribution in [2.24, 2.45) is 5.92 Å². The fourth-order valence-corrected chi connectivity index (χ4v) is 5.03. The summed E-state index contributed by atoms with van der Waals surface area (Å²) in [5.74, 6) is 0.280. The van der Waals surface area contributed by atoms with Crippen molar-refractivity contribution in [3.05, 3.63) is 89.5 Å². The fraction of sp³-hybridized carbons (Fsp3) is 0.375. The van der Waals surface area contributed by atoms with Gasteiger partial charge in [-0.3, -0.25) is 9.69 Å². The first-order valence-corrected chi connectivity index (χ1v) is 14.1. The van der Waals surface area contributed by atoms with E-state index in [9.17, 15) is 27.9 Å². The van der Waals surface area contributed by atoms with Crippen LogP contribution in [-0.4, -0.2) is 65.7 Å². The number of aliphatic hydroxyl groups excluding tert-OH is 1. The highest BCUT2D eigenvalue weighted by Gasteiger charge is 2.32. The molecular formula is C32H37F3N4O4. The lowest BCUT2D eigenvalue weighted by Gasteiger charge is -2.34. The molecule has 0 saturated heterocycles. The molecule has 1 aliphatic rings. The van der Waals surface area contributed by atoms with Crippen molar-refractivity contribution < 1.29 is 32.6 Å². The third-order valence-corrected chi connectivity index (χ3v) is 7.43. The molecule has 0 spiro atoms. The molecule has 0 aliphatic carbocycles. The van der Waals surface area contributed by atoms with Gasteiger partial charge in [0, 0.05) is 42.5 Å². The first-order valence-electron chi connectivity index (χ1n) is 14.1. The number of carbonyl (C=O) groups is 2. The van der Waals surface area contributed by atoms with Crippen molar-refractivity contribution in [2.75, 3.05) is 37.4 Å². The van der Waals surface area contributed by atoms with Crippen LogP contribution in [-0.2, 0) is 23.9 Å². The predicted molar refractivity (Wildman–Crippen MR) is 159 cm³/mol. The van der Waals surface area contributed by atoms with Crippen LogP contribution >= 0.6 is 0 Å². The van der Waals surface area contributed by atoms with Gasteiger partial charge in [-0.25, -0.2) is 4.79 Å². The summed E-state index contributed by atoms with van der Waals surface area (Å²) in [6.45, 7) is 5.34. The van der Waals surface area contributed by atoms with Gasteiger partial charge in [-0.1, -0.05) is 37.3 Å². The number of hydrogen-bond donors (Lipinski definition) is 3. The quantitative estimate of drug-likeness (QED) is 0.313. The molecule has 0 fully saturated rings. The molecule has 0 saturated carbocycles. The Morgan fingerprint density at radius 2 is 1.72 bits per heavy atom. The number of aliphatic hydroxyl groups is 1. The van der Waals surface area contributed by atoms with Crippen LogP contribution in [0.2, 0.25) is 0 Å². The number of alkyl halides is 3. The minimum absolute atomic E-state index is 0.00495. The monoisotopic (exact) mass is 598 g/mol. The van der Waals surface area contributed by atoms with Crippen molar-refractivity contribution in [1.29, 1.82) is 0 Å². The van der Waals surface area contributed by atoms with Crippen LogP contribution in [0, 0.1) is 5.92 Å². The second-order valence-corrected chi connectivity index (χ2v) is 11.0. The number of fused-ring (bicyclic) bond motifs is 1. The third-order valence-electron chi connectivity index (χ3n) is 7.43. The molecule has 43 heavy (non-hydrogen) atoms. The van der Waals surface area contributed by atoms with E-state index < -0.39 is 23.8 Å². The predicted octanol–water partition coefficient (Wildman–Crippen LogP) is 5.63. The first kappa shape index (κ1) is 31.8. The molecule has 3 N–H and O–H groups in total. The number of nitrogens with one attached hydrogen (secondary N) is 2. The Labute approximate surface area is 249 Å². The van der Waals surface area contributed by atoms with E-state index in [1.165, 1.54) is 12.1 Å². The number of benzene rings is 3. The van der Waals surface area contributed by atoms with E-state index in [-0.39, 0.29) is 36.6 Å². The average molecular weight is 599 g/mol. The molecule has 0 bridgehead atoms. The molecule has 4 rings (SSSR count). The Morgan fingerprint density at radius 1 is 1.07 bits per heavy atom. The molecule has 3 atom stereocenters. The molecule has 3 amide bonds. The number of likely N-dealkylation sites (N-methyl/N-ethyl adjacent to an activating group) is 1. The Balaban J connectivity index is 1.53. The van der Waals surface area contributed by atoms with Gasteiger partial charge in [-0.2, -0.15) is 13.2 Å². The summed E-state index contributed by atoms with van der Waals surface area (Å²) in [5.41, 5.74) is 1.49. The van der Waals surface area contributed by atoms with Gasteiger partial charge < -0.3 is 25.4 Å².